The first-order valence-corrected chi connectivity index (χ1v) is 6.80. The molecule has 1 aliphatic heterocycles. The van der Waals surface area contributed by atoms with Gasteiger partial charge in [-0.15, -0.1) is 6.58 Å². The highest BCUT2D eigenvalue weighted by molar-refractivity contribution is 5.34. The quantitative estimate of drug-likeness (QED) is 0.840. The van der Waals surface area contributed by atoms with E-state index in [1.807, 2.05) is 18.2 Å². The molecular weight excluding hydrogens is 234 g/mol. The van der Waals surface area contributed by atoms with Crippen molar-refractivity contribution in [3.05, 3.63) is 47.5 Å². The van der Waals surface area contributed by atoms with Gasteiger partial charge in [0.25, 0.3) is 0 Å². The third kappa shape index (κ3) is 3.66. The summed E-state index contributed by atoms with van der Waals surface area (Å²) in [7, 11) is 0. The molecule has 1 atom stereocenters. The maximum absolute atomic E-state index is 9.04. The summed E-state index contributed by atoms with van der Waals surface area (Å²) in [5, 5.41) is 12.4. The largest absolute Gasteiger partial charge is 0.314 e. The molecule has 1 heterocycles. The zero-order valence-corrected chi connectivity index (χ0v) is 11.5. The molecule has 0 spiro atoms. The van der Waals surface area contributed by atoms with Gasteiger partial charge in [0, 0.05) is 32.2 Å². The zero-order valence-electron chi connectivity index (χ0n) is 11.5. The highest BCUT2D eigenvalue weighted by Gasteiger charge is 2.22. The van der Waals surface area contributed by atoms with Crippen molar-refractivity contribution >= 4 is 0 Å². The van der Waals surface area contributed by atoms with Gasteiger partial charge in [-0.3, -0.25) is 4.90 Å². The maximum Gasteiger partial charge on any atom is 0.0991 e. The van der Waals surface area contributed by atoms with Crippen molar-refractivity contribution in [1.29, 1.82) is 5.26 Å². The summed E-state index contributed by atoms with van der Waals surface area (Å²) in [6, 6.07) is 10.5. The van der Waals surface area contributed by atoms with Gasteiger partial charge in [-0.05, 0) is 31.0 Å². The van der Waals surface area contributed by atoms with Crippen LogP contribution in [0.1, 0.15) is 30.5 Å². The van der Waals surface area contributed by atoms with E-state index >= 15 is 0 Å². The molecule has 1 N–H and O–H groups in total. The lowest BCUT2D eigenvalue weighted by Crippen LogP contribution is -2.45. The van der Waals surface area contributed by atoms with Crippen LogP contribution in [0, 0.1) is 11.3 Å². The van der Waals surface area contributed by atoms with E-state index in [0.29, 0.717) is 6.04 Å². The van der Waals surface area contributed by atoms with Crippen LogP contribution in [0.3, 0.4) is 0 Å². The van der Waals surface area contributed by atoms with E-state index in [-0.39, 0.29) is 0 Å². The molecule has 1 aromatic carbocycles. The molecule has 0 aliphatic carbocycles. The van der Waals surface area contributed by atoms with E-state index in [2.05, 4.69) is 35.9 Å². The Morgan fingerprint density at radius 3 is 2.84 bits per heavy atom. The lowest BCUT2D eigenvalue weighted by molar-refractivity contribution is 0.172. The Morgan fingerprint density at radius 2 is 2.21 bits per heavy atom. The third-order valence-electron chi connectivity index (χ3n) is 3.53. The molecule has 1 aromatic rings. The van der Waals surface area contributed by atoms with Gasteiger partial charge in [0.2, 0.25) is 0 Å². The first-order chi connectivity index (χ1) is 9.20. The van der Waals surface area contributed by atoms with Gasteiger partial charge in [-0.1, -0.05) is 17.7 Å². The number of nitrogens with one attached hydrogen (secondary N) is 1. The van der Waals surface area contributed by atoms with Crippen molar-refractivity contribution in [3.63, 3.8) is 0 Å². The number of hydrogen-bond acceptors (Lipinski definition) is 3. The molecule has 19 heavy (non-hydrogen) atoms. The number of hydrogen-bond donors (Lipinski definition) is 1. The SMILES string of the molecule is C=C(C)C[C@@H](c1cccc(C#N)c1)N1CCNCC1. The van der Waals surface area contributed by atoms with Gasteiger partial charge in [0.05, 0.1) is 11.6 Å². The Bertz CT molecular complexity index is 481. The highest BCUT2D eigenvalue weighted by atomic mass is 15.2. The molecule has 3 nitrogen and oxygen atoms in total. The van der Waals surface area contributed by atoms with Crippen molar-refractivity contribution in [2.75, 3.05) is 26.2 Å². The summed E-state index contributed by atoms with van der Waals surface area (Å²) in [4.78, 5) is 2.49. The van der Waals surface area contributed by atoms with Gasteiger partial charge in [-0.2, -0.15) is 5.26 Å². The fourth-order valence-corrected chi connectivity index (χ4v) is 2.60. The smallest absolute Gasteiger partial charge is 0.0991 e. The van der Waals surface area contributed by atoms with Gasteiger partial charge >= 0.3 is 0 Å². The summed E-state index contributed by atoms with van der Waals surface area (Å²) in [5.41, 5.74) is 3.15. The van der Waals surface area contributed by atoms with Crippen LogP contribution in [0.2, 0.25) is 0 Å². The predicted octanol–water partition coefficient (Wildman–Crippen LogP) is 2.47. The number of rotatable bonds is 4. The molecule has 0 saturated carbocycles. The Hall–Kier alpha value is -1.63. The Kier molecular flexibility index (Phi) is 4.73. The van der Waals surface area contributed by atoms with Gasteiger partial charge in [-0.25, -0.2) is 0 Å². The Balaban J connectivity index is 2.25. The fourth-order valence-electron chi connectivity index (χ4n) is 2.60. The van der Waals surface area contributed by atoms with Crippen molar-refractivity contribution in [3.8, 4) is 6.07 Å². The van der Waals surface area contributed by atoms with E-state index in [1.165, 1.54) is 11.1 Å². The molecule has 0 bridgehead atoms. The lowest BCUT2D eigenvalue weighted by Gasteiger charge is -2.35. The maximum atomic E-state index is 9.04. The molecule has 0 amide bonds. The summed E-state index contributed by atoms with van der Waals surface area (Å²) < 4.78 is 0. The molecule has 0 radical (unpaired) electrons. The Morgan fingerprint density at radius 1 is 1.47 bits per heavy atom. The zero-order chi connectivity index (χ0) is 13.7. The number of benzene rings is 1. The summed E-state index contributed by atoms with van der Waals surface area (Å²) in [6.07, 6.45) is 0.953. The topological polar surface area (TPSA) is 39.1 Å². The van der Waals surface area contributed by atoms with E-state index in [4.69, 9.17) is 5.26 Å². The van der Waals surface area contributed by atoms with Crippen LogP contribution in [0.4, 0.5) is 0 Å². The first kappa shape index (κ1) is 13.8. The minimum Gasteiger partial charge on any atom is -0.314 e. The standard InChI is InChI=1S/C16H21N3/c1-13(2)10-16(19-8-6-18-7-9-19)15-5-3-4-14(11-15)12-17/h3-5,11,16,18H,1,6-10H2,2H3/t16-/m0/s1. The van der Waals surface area contributed by atoms with E-state index in [9.17, 15) is 0 Å². The summed E-state index contributed by atoms with van der Waals surface area (Å²) >= 11 is 0. The molecule has 0 aromatic heterocycles. The van der Waals surface area contributed by atoms with Crippen LogP contribution in [0.15, 0.2) is 36.4 Å². The minimum absolute atomic E-state index is 0.341. The predicted molar refractivity (Wildman–Crippen MR) is 77.8 cm³/mol. The summed E-state index contributed by atoms with van der Waals surface area (Å²) in [6.45, 7) is 10.3. The monoisotopic (exact) mass is 255 g/mol. The van der Waals surface area contributed by atoms with Crippen molar-refractivity contribution in [2.45, 2.75) is 19.4 Å². The molecule has 1 fully saturated rings. The van der Waals surface area contributed by atoms with Crippen LogP contribution in [-0.2, 0) is 0 Å². The first-order valence-electron chi connectivity index (χ1n) is 6.80. The molecule has 1 aliphatic rings. The molecule has 100 valence electrons. The van der Waals surface area contributed by atoms with E-state index < -0.39 is 0 Å². The molecule has 3 heteroatoms. The van der Waals surface area contributed by atoms with Crippen molar-refractivity contribution in [2.24, 2.45) is 0 Å². The van der Waals surface area contributed by atoms with E-state index in [0.717, 1.165) is 38.2 Å². The average Bonchev–Trinajstić information content (AvgIpc) is 2.45. The second-order valence-electron chi connectivity index (χ2n) is 5.20. The second kappa shape index (κ2) is 6.51. The van der Waals surface area contributed by atoms with Crippen LogP contribution in [0.25, 0.3) is 0 Å². The normalized spacial score (nSPS) is 17.7. The molecular formula is C16H21N3. The highest BCUT2D eigenvalue weighted by Crippen LogP contribution is 2.27. The molecule has 2 rings (SSSR count). The van der Waals surface area contributed by atoms with Gasteiger partial charge < -0.3 is 5.32 Å². The minimum atomic E-state index is 0.341. The van der Waals surface area contributed by atoms with Crippen LogP contribution < -0.4 is 5.32 Å². The van der Waals surface area contributed by atoms with Crippen LogP contribution in [-0.4, -0.2) is 31.1 Å². The number of piperazine rings is 1. The lowest BCUT2D eigenvalue weighted by atomic mass is 9.96. The van der Waals surface area contributed by atoms with Crippen LogP contribution >= 0.6 is 0 Å². The van der Waals surface area contributed by atoms with Crippen molar-refractivity contribution < 1.29 is 0 Å². The third-order valence-corrected chi connectivity index (χ3v) is 3.53. The van der Waals surface area contributed by atoms with Crippen molar-refractivity contribution in [1.82, 2.24) is 10.2 Å². The summed E-state index contributed by atoms with van der Waals surface area (Å²) in [5.74, 6) is 0. The van der Waals surface area contributed by atoms with Gasteiger partial charge in [0.15, 0.2) is 0 Å². The van der Waals surface area contributed by atoms with E-state index in [1.54, 1.807) is 0 Å². The van der Waals surface area contributed by atoms with Crippen LogP contribution in [0.5, 0.6) is 0 Å². The van der Waals surface area contributed by atoms with Gasteiger partial charge in [0.1, 0.15) is 0 Å². The fraction of sp³-hybridized carbons (Fsp3) is 0.438. The Labute approximate surface area is 115 Å². The molecule has 0 unspecified atom stereocenters. The molecule has 1 saturated heterocycles. The number of nitriles is 1. The average molecular weight is 255 g/mol. The number of nitrogens with zero attached hydrogens (tertiary/aromatic N) is 2. The second-order valence-corrected chi connectivity index (χ2v) is 5.20.